The van der Waals surface area contributed by atoms with Gasteiger partial charge in [-0.2, -0.15) is 4.98 Å². The molecule has 1 aromatic heterocycles. The minimum Gasteiger partial charge on any atom is -0.355 e. The van der Waals surface area contributed by atoms with Crippen LogP contribution in [0, 0.1) is 11.8 Å². The molecule has 21 heavy (non-hydrogen) atoms. The van der Waals surface area contributed by atoms with Crippen LogP contribution >= 0.6 is 15.9 Å². The second-order valence-corrected chi connectivity index (χ2v) is 7.19. The molecule has 0 amide bonds. The largest absolute Gasteiger partial charge is 0.355 e. The molecule has 0 aromatic carbocycles. The molecule has 2 atom stereocenters. The Morgan fingerprint density at radius 3 is 2.90 bits per heavy atom. The van der Waals surface area contributed by atoms with Gasteiger partial charge in [-0.3, -0.25) is 0 Å². The van der Waals surface area contributed by atoms with E-state index in [4.69, 9.17) is 4.98 Å². The molecule has 1 saturated heterocycles. The molecular weight excluding hydrogens is 328 g/mol. The normalized spacial score (nSPS) is 25.5. The first-order valence-corrected chi connectivity index (χ1v) is 9.08. The van der Waals surface area contributed by atoms with Crippen molar-refractivity contribution in [2.24, 2.45) is 11.8 Å². The Morgan fingerprint density at radius 1 is 1.29 bits per heavy atom. The lowest BCUT2D eigenvalue weighted by Gasteiger charge is -2.42. The van der Waals surface area contributed by atoms with Gasteiger partial charge in [0.05, 0.1) is 4.47 Å². The van der Waals surface area contributed by atoms with E-state index in [1.165, 1.54) is 32.1 Å². The van der Waals surface area contributed by atoms with Crippen LogP contribution in [0.2, 0.25) is 0 Å². The van der Waals surface area contributed by atoms with Gasteiger partial charge in [0.15, 0.2) is 0 Å². The Labute approximate surface area is 135 Å². The van der Waals surface area contributed by atoms with E-state index in [0.29, 0.717) is 0 Å². The summed E-state index contributed by atoms with van der Waals surface area (Å²) < 4.78 is 1.01. The third-order valence-corrected chi connectivity index (χ3v) is 5.41. The molecule has 1 aliphatic carbocycles. The molecule has 3 rings (SSSR count). The van der Waals surface area contributed by atoms with E-state index in [0.717, 1.165) is 54.1 Å². The monoisotopic (exact) mass is 352 g/mol. The quantitative estimate of drug-likeness (QED) is 0.886. The molecule has 116 valence electrons. The third kappa shape index (κ3) is 3.50. The van der Waals surface area contributed by atoms with Crippen LogP contribution in [0.25, 0.3) is 0 Å². The van der Waals surface area contributed by atoms with Gasteiger partial charge in [0, 0.05) is 25.8 Å². The summed E-state index contributed by atoms with van der Waals surface area (Å²) >= 11 is 3.63. The SMILES string of the molecule is CCCNc1ncc(Br)c(N2CCC3CCCCC3C2)n1. The Balaban J connectivity index is 1.73. The first-order chi connectivity index (χ1) is 10.3. The summed E-state index contributed by atoms with van der Waals surface area (Å²) in [6.45, 7) is 5.36. The number of fused-ring (bicyclic) bond motifs is 1. The predicted molar refractivity (Wildman–Crippen MR) is 90.8 cm³/mol. The summed E-state index contributed by atoms with van der Waals surface area (Å²) in [4.78, 5) is 11.5. The van der Waals surface area contributed by atoms with Crippen molar-refractivity contribution in [3.63, 3.8) is 0 Å². The molecule has 1 saturated carbocycles. The van der Waals surface area contributed by atoms with E-state index >= 15 is 0 Å². The van der Waals surface area contributed by atoms with Crippen LogP contribution in [0.3, 0.4) is 0 Å². The number of rotatable bonds is 4. The number of hydrogen-bond acceptors (Lipinski definition) is 4. The maximum Gasteiger partial charge on any atom is 0.224 e. The van der Waals surface area contributed by atoms with E-state index in [-0.39, 0.29) is 0 Å². The van der Waals surface area contributed by atoms with Crippen molar-refractivity contribution in [2.75, 3.05) is 29.9 Å². The first kappa shape index (κ1) is 15.1. The molecule has 1 aliphatic heterocycles. The van der Waals surface area contributed by atoms with Crippen molar-refractivity contribution in [3.8, 4) is 0 Å². The molecule has 1 N–H and O–H groups in total. The second-order valence-electron chi connectivity index (χ2n) is 6.33. The molecule has 1 aromatic rings. The van der Waals surface area contributed by atoms with Crippen LogP contribution in [0.4, 0.5) is 11.8 Å². The number of hydrogen-bond donors (Lipinski definition) is 1. The fourth-order valence-corrected chi connectivity index (χ4v) is 4.14. The standard InChI is InChI=1S/C16H25BrN4/c1-2-8-18-16-19-10-14(17)15(20-16)21-9-7-12-5-3-4-6-13(12)11-21/h10,12-13H,2-9,11H2,1H3,(H,18,19,20). The first-order valence-electron chi connectivity index (χ1n) is 8.29. The second kappa shape index (κ2) is 6.95. The summed E-state index contributed by atoms with van der Waals surface area (Å²) in [5, 5.41) is 3.29. The number of piperidine rings is 1. The Hall–Kier alpha value is -0.840. The van der Waals surface area contributed by atoms with Gasteiger partial charge in [-0.15, -0.1) is 0 Å². The summed E-state index contributed by atoms with van der Waals surface area (Å²) in [7, 11) is 0. The highest BCUT2D eigenvalue weighted by Gasteiger charge is 2.32. The summed E-state index contributed by atoms with van der Waals surface area (Å²) in [5.74, 6) is 3.63. The van der Waals surface area contributed by atoms with Crippen LogP contribution in [0.1, 0.15) is 45.4 Å². The highest BCUT2D eigenvalue weighted by atomic mass is 79.9. The summed E-state index contributed by atoms with van der Waals surface area (Å²) in [6.07, 6.45) is 9.96. The van der Waals surface area contributed by atoms with Gasteiger partial charge in [0.2, 0.25) is 5.95 Å². The maximum atomic E-state index is 4.73. The van der Waals surface area contributed by atoms with Gasteiger partial charge in [-0.1, -0.05) is 26.2 Å². The highest BCUT2D eigenvalue weighted by molar-refractivity contribution is 9.10. The molecule has 0 spiro atoms. The number of nitrogens with one attached hydrogen (secondary N) is 1. The number of aromatic nitrogens is 2. The minimum atomic E-state index is 0.751. The Kier molecular flexibility index (Phi) is 4.99. The van der Waals surface area contributed by atoms with Gasteiger partial charge in [0.25, 0.3) is 0 Å². The lowest BCUT2D eigenvalue weighted by Crippen LogP contribution is -2.42. The fourth-order valence-electron chi connectivity index (χ4n) is 3.70. The highest BCUT2D eigenvalue weighted by Crippen LogP contribution is 2.38. The molecule has 2 heterocycles. The van der Waals surface area contributed by atoms with Crippen LogP contribution in [-0.4, -0.2) is 29.6 Å². The zero-order valence-electron chi connectivity index (χ0n) is 12.8. The molecular formula is C16H25BrN4. The van der Waals surface area contributed by atoms with E-state index in [1.54, 1.807) is 0 Å². The zero-order valence-corrected chi connectivity index (χ0v) is 14.4. The lowest BCUT2D eigenvalue weighted by atomic mass is 9.75. The molecule has 0 bridgehead atoms. The van der Waals surface area contributed by atoms with E-state index in [9.17, 15) is 0 Å². The number of anilines is 2. The Bertz CT molecular complexity index is 479. The molecule has 0 radical (unpaired) electrons. The smallest absolute Gasteiger partial charge is 0.224 e. The molecule has 2 fully saturated rings. The average molecular weight is 353 g/mol. The molecule has 2 aliphatic rings. The van der Waals surface area contributed by atoms with Crippen LogP contribution in [-0.2, 0) is 0 Å². The van der Waals surface area contributed by atoms with Crippen molar-refractivity contribution >= 4 is 27.7 Å². The molecule has 5 heteroatoms. The van der Waals surface area contributed by atoms with Crippen molar-refractivity contribution in [1.29, 1.82) is 0 Å². The summed E-state index contributed by atoms with van der Waals surface area (Å²) in [5.41, 5.74) is 0. The number of nitrogens with zero attached hydrogens (tertiary/aromatic N) is 3. The number of halogens is 1. The Morgan fingerprint density at radius 2 is 2.10 bits per heavy atom. The van der Waals surface area contributed by atoms with E-state index < -0.39 is 0 Å². The van der Waals surface area contributed by atoms with Crippen LogP contribution in [0.5, 0.6) is 0 Å². The average Bonchev–Trinajstić information content (AvgIpc) is 2.53. The van der Waals surface area contributed by atoms with Crippen molar-refractivity contribution in [3.05, 3.63) is 10.7 Å². The topological polar surface area (TPSA) is 41.1 Å². The molecule has 4 nitrogen and oxygen atoms in total. The van der Waals surface area contributed by atoms with Crippen molar-refractivity contribution < 1.29 is 0 Å². The van der Waals surface area contributed by atoms with Crippen LogP contribution < -0.4 is 10.2 Å². The van der Waals surface area contributed by atoms with Crippen LogP contribution in [0.15, 0.2) is 10.7 Å². The van der Waals surface area contributed by atoms with Gasteiger partial charge >= 0.3 is 0 Å². The van der Waals surface area contributed by atoms with Gasteiger partial charge in [-0.05, 0) is 47.0 Å². The predicted octanol–water partition coefficient (Wildman–Crippen LogP) is 4.08. The minimum absolute atomic E-state index is 0.751. The summed E-state index contributed by atoms with van der Waals surface area (Å²) in [6, 6.07) is 0. The third-order valence-electron chi connectivity index (χ3n) is 4.85. The fraction of sp³-hybridized carbons (Fsp3) is 0.750. The molecule has 2 unspecified atom stereocenters. The van der Waals surface area contributed by atoms with Gasteiger partial charge < -0.3 is 10.2 Å². The lowest BCUT2D eigenvalue weighted by molar-refractivity contribution is 0.202. The van der Waals surface area contributed by atoms with E-state index in [2.05, 4.69) is 38.1 Å². The van der Waals surface area contributed by atoms with Crippen molar-refractivity contribution in [2.45, 2.75) is 45.4 Å². The van der Waals surface area contributed by atoms with Gasteiger partial charge in [0.1, 0.15) is 5.82 Å². The van der Waals surface area contributed by atoms with Gasteiger partial charge in [-0.25, -0.2) is 4.98 Å². The van der Waals surface area contributed by atoms with E-state index in [1.807, 2.05) is 6.20 Å². The maximum absolute atomic E-state index is 4.73. The van der Waals surface area contributed by atoms with Crippen molar-refractivity contribution in [1.82, 2.24) is 9.97 Å². The zero-order chi connectivity index (χ0) is 14.7.